The van der Waals surface area contributed by atoms with E-state index in [1.54, 1.807) is 11.3 Å². The van der Waals surface area contributed by atoms with Gasteiger partial charge < -0.3 is 0 Å². The first-order valence-corrected chi connectivity index (χ1v) is 7.02. The van der Waals surface area contributed by atoms with Gasteiger partial charge in [0.05, 0.1) is 5.56 Å². The van der Waals surface area contributed by atoms with Crippen LogP contribution < -0.4 is 5.43 Å². The van der Waals surface area contributed by atoms with E-state index < -0.39 is 0 Å². The highest BCUT2D eigenvalue weighted by Gasteiger charge is 2.36. The van der Waals surface area contributed by atoms with Gasteiger partial charge in [-0.15, -0.1) is 11.3 Å². The van der Waals surface area contributed by atoms with E-state index in [-0.39, 0.29) is 5.91 Å². The van der Waals surface area contributed by atoms with Crippen molar-refractivity contribution in [1.82, 2.24) is 5.43 Å². The predicted molar refractivity (Wildman–Crippen MR) is 69.4 cm³/mol. The number of amides is 1. The Morgan fingerprint density at radius 1 is 1.53 bits per heavy atom. The monoisotopic (exact) mass is 248 g/mol. The second-order valence-electron chi connectivity index (χ2n) is 5.07. The van der Waals surface area contributed by atoms with Gasteiger partial charge in [-0.2, -0.15) is 5.10 Å². The molecule has 1 heterocycles. The van der Waals surface area contributed by atoms with Gasteiger partial charge in [0.2, 0.25) is 0 Å². The van der Waals surface area contributed by atoms with E-state index in [4.69, 9.17) is 0 Å². The Labute approximate surface area is 105 Å². The van der Waals surface area contributed by atoms with Crippen molar-refractivity contribution in [2.75, 3.05) is 0 Å². The molecule has 0 radical (unpaired) electrons. The molecule has 2 fully saturated rings. The van der Waals surface area contributed by atoms with Crippen molar-refractivity contribution in [2.24, 2.45) is 16.9 Å². The van der Waals surface area contributed by atoms with Crippen LogP contribution in [0.15, 0.2) is 16.5 Å². The fourth-order valence-corrected chi connectivity index (χ4v) is 3.59. The molecule has 2 saturated carbocycles. The molecule has 0 aromatic carbocycles. The third kappa shape index (κ3) is 2.14. The predicted octanol–water partition coefficient (Wildman–Crippen LogP) is 2.96. The van der Waals surface area contributed by atoms with Crippen LogP contribution in [0.2, 0.25) is 0 Å². The van der Waals surface area contributed by atoms with Gasteiger partial charge in [0.15, 0.2) is 0 Å². The van der Waals surface area contributed by atoms with Crippen molar-refractivity contribution in [1.29, 1.82) is 0 Å². The van der Waals surface area contributed by atoms with Gasteiger partial charge in [0.25, 0.3) is 5.91 Å². The molecule has 1 amide bonds. The molecule has 3 rings (SSSR count). The summed E-state index contributed by atoms with van der Waals surface area (Å²) >= 11 is 1.59. The van der Waals surface area contributed by atoms with E-state index >= 15 is 0 Å². The minimum atomic E-state index is -0.0791. The Hall–Kier alpha value is -1.16. The van der Waals surface area contributed by atoms with Crippen molar-refractivity contribution in [3.63, 3.8) is 0 Å². The van der Waals surface area contributed by atoms with Gasteiger partial charge in [-0.3, -0.25) is 4.79 Å². The summed E-state index contributed by atoms with van der Waals surface area (Å²) in [5.74, 6) is 1.40. The maximum absolute atomic E-state index is 11.8. The Kier molecular flexibility index (Phi) is 2.74. The summed E-state index contributed by atoms with van der Waals surface area (Å²) in [7, 11) is 0. The smallest absolute Gasteiger partial charge is 0.267 e. The van der Waals surface area contributed by atoms with Gasteiger partial charge in [-0.05, 0) is 50.5 Å². The molecule has 1 N–H and O–H groups in total. The zero-order valence-corrected chi connectivity index (χ0v) is 10.7. The second-order valence-corrected chi connectivity index (χ2v) is 6.19. The van der Waals surface area contributed by atoms with Crippen molar-refractivity contribution in [3.05, 3.63) is 21.9 Å². The molecule has 2 aliphatic rings. The molecule has 17 heavy (non-hydrogen) atoms. The number of carbonyl (C=O) groups excluding carboxylic acids is 1. The highest BCUT2D eigenvalue weighted by atomic mass is 32.1. The molecule has 2 atom stereocenters. The Balaban J connectivity index is 1.64. The molecule has 2 bridgehead atoms. The molecular formula is C13H16N2OS. The number of nitrogens with zero attached hydrogens (tertiary/aromatic N) is 1. The van der Waals surface area contributed by atoms with Crippen molar-refractivity contribution in [2.45, 2.75) is 32.6 Å². The summed E-state index contributed by atoms with van der Waals surface area (Å²) in [5.41, 5.74) is 4.63. The largest absolute Gasteiger partial charge is 0.272 e. The molecule has 0 spiro atoms. The highest BCUT2D eigenvalue weighted by molar-refractivity contribution is 7.10. The lowest BCUT2D eigenvalue weighted by Gasteiger charge is -2.11. The number of thiophene rings is 1. The third-order valence-corrected chi connectivity index (χ3v) is 4.67. The maximum Gasteiger partial charge on any atom is 0.272 e. The Bertz CT molecular complexity index is 478. The van der Waals surface area contributed by atoms with Crippen molar-refractivity contribution >= 4 is 23.0 Å². The summed E-state index contributed by atoms with van der Waals surface area (Å²) in [4.78, 5) is 13.0. The van der Waals surface area contributed by atoms with Crippen LogP contribution in [-0.4, -0.2) is 11.6 Å². The normalized spacial score (nSPS) is 28.9. The van der Waals surface area contributed by atoms with Gasteiger partial charge in [0, 0.05) is 16.0 Å². The van der Waals surface area contributed by atoms with E-state index in [0.717, 1.165) is 22.8 Å². The molecule has 0 saturated heterocycles. The molecule has 0 aliphatic heterocycles. The third-order valence-electron chi connectivity index (χ3n) is 3.80. The molecule has 3 nitrogen and oxygen atoms in total. The van der Waals surface area contributed by atoms with Crippen LogP contribution in [0.5, 0.6) is 0 Å². The minimum Gasteiger partial charge on any atom is -0.267 e. The van der Waals surface area contributed by atoms with E-state index in [9.17, 15) is 4.79 Å². The molecule has 90 valence electrons. The maximum atomic E-state index is 11.8. The number of carbonyl (C=O) groups is 1. The number of hydrogen-bond donors (Lipinski definition) is 1. The first-order valence-electron chi connectivity index (χ1n) is 6.14. The van der Waals surface area contributed by atoms with Crippen LogP contribution in [0.1, 0.15) is 40.9 Å². The number of hydrazone groups is 1. The average Bonchev–Trinajstić information content (AvgIpc) is 3.01. The zero-order valence-electron chi connectivity index (χ0n) is 9.90. The molecule has 1 aromatic rings. The van der Waals surface area contributed by atoms with Crippen LogP contribution >= 0.6 is 11.3 Å². The summed E-state index contributed by atoms with van der Waals surface area (Å²) in [6.45, 7) is 2.00. The van der Waals surface area contributed by atoms with Gasteiger partial charge in [-0.25, -0.2) is 5.43 Å². The van der Waals surface area contributed by atoms with Crippen LogP contribution in [0.3, 0.4) is 0 Å². The number of aryl methyl sites for hydroxylation is 1. The minimum absolute atomic E-state index is 0.0791. The molecule has 0 unspecified atom stereocenters. The first kappa shape index (κ1) is 11.0. The number of nitrogens with one attached hydrogen (secondary N) is 1. The lowest BCUT2D eigenvalue weighted by molar-refractivity contribution is 0.0955. The molecule has 4 heteroatoms. The van der Waals surface area contributed by atoms with E-state index in [2.05, 4.69) is 10.5 Å². The fraction of sp³-hybridized carbons (Fsp3) is 0.538. The summed E-state index contributed by atoms with van der Waals surface area (Å²) in [5, 5.41) is 6.19. The average molecular weight is 248 g/mol. The van der Waals surface area contributed by atoms with Crippen LogP contribution in [0.4, 0.5) is 0 Å². The van der Waals surface area contributed by atoms with Crippen LogP contribution in [0, 0.1) is 18.8 Å². The molecule has 2 aliphatic carbocycles. The topological polar surface area (TPSA) is 41.5 Å². The second kappa shape index (κ2) is 4.26. The molecular weight excluding hydrogens is 232 g/mol. The van der Waals surface area contributed by atoms with Crippen molar-refractivity contribution in [3.8, 4) is 0 Å². The lowest BCUT2D eigenvalue weighted by Crippen LogP contribution is -2.21. The number of fused-ring (bicyclic) bond motifs is 2. The van der Waals surface area contributed by atoms with E-state index in [1.165, 1.54) is 25.0 Å². The van der Waals surface area contributed by atoms with E-state index in [0.29, 0.717) is 5.92 Å². The fourth-order valence-electron chi connectivity index (χ4n) is 2.91. The van der Waals surface area contributed by atoms with Crippen LogP contribution in [0.25, 0.3) is 0 Å². The SMILES string of the molecule is Cc1cc(C(=O)N/N=C2/C[C@H]3CC[C@H]2C3)cs1. The lowest BCUT2D eigenvalue weighted by atomic mass is 9.99. The summed E-state index contributed by atoms with van der Waals surface area (Å²) in [6, 6.07) is 1.90. The quantitative estimate of drug-likeness (QED) is 0.803. The summed E-state index contributed by atoms with van der Waals surface area (Å²) in [6.07, 6.45) is 4.98. The molecule has 1 aromatic heterocycles. The number of hydrogen-bond acceptors (Lipinski definition) is 3. The van der Waals surface area contributed by atoms with E-state index in [1.807, 2.05) is 18.4 Å². The van der Waals surface area contributed by atoms with Gasteiger partial charge in [0.1, 0.15) is 0 Å². The Morgan fingerprint density at radius 3 is 3.00 bits per heavy atom. The summed E-state index contributed by atoms with van der Waals surface area (Å²) < 4.78 is 0. The Morgan fingerprint density at radius 2 is 2.41 bits per heavy atom. The first-order chi connectivity index (χ1) is 8.22. The standard InChI is InChI=1S/C13H16N2OS/c1-8-4-11(7-17-8)13(16)15-14-12-6-9-2-3-10(12)5-9/h4,7,9-10H,2-3,5-6H2,1H3,(H,15,16)/b14-12-/t9-,10-/m0/s1. The number of rotatable bonds is 2. The van der Waals surface area contributed by atoms with Crippen LogP contribution in [-0.2, 0) is 0 Å². The van der Waals surface area contributed by atoms with Gasteiger partial charge >= 0.3 is 0 Å². The van der Waals surface area contributed by atoms with Crippen molar-refractivity contribution < 1.29 is 4.79 Å². The van der Waals surface area contributed by atoms with Gasteiger partial charge in [-0.1, -0.05) is 0 Å². The zero-order chi connectivity index (χ0) is 11.8. The highest BCUT2D eigenvalue weighted by Crippen LogP contribution is 2.42.